The van der Waals surface area contributed by atoms with Gasteiger partial charge in [-0.3, -0.25) is 0 Å². The van der Waals surface area contributed by atoms with Crippen LogP contribution in [0.2, 0.25) is 0 Å². The van der Waals surface area contributed by atoms with Gasteiger partial charge in [-0.05, 0) is 29.5 Å². The lowest BCUT2D eigenvalue weighted by Gasteiger charge is -2.08. The van der Waals surface area contributed by atoms with Gasteiger partial charge in [0.1, 0.15) is 11.6 Å². The topological polar surface area (TPSA) is 0 Å². The van der Waals surface area contributed by atoms with E-state index >= 15 is 0 Å². The van der Waals surface area contributed by atoms with Crippen LogP contribution in [0.5, 0.6) is 0 Å². The van der Waals surface area contributed by atoms with Gasteiger partial charge in [0.05, 0.1) is 5.38 Å². The molecule has 2 aromatic rings. The van der Waals surface area contributed by atoms with Crippen LogP contribution in [0.15, 0.2) is 35.7 Å². The molecule has 16 heavy (non-hydrogen) atoms. The van der Waals surface area contributed by atoms with Crippen molar-refractivity contribution >= 4 is 22.9 Å². The summed E-state index contributed by atoms with van der Waals surface area (Å²) in [7, 11) is 0. The van der Waals surface area contributed by atoms with E-state index in [2.05, 4.69) is 0 Å². The number of halogens is 3. The molecule has 1 aromatic heterocycles. The maximum atomic E-state index is 13.4. The fourth-order valence-electron chi connectivity index (χ4n) is 1.45. The van der Waals surface area contributed by atoms with E-state index in [-0.39, 0.29) is 5.38 Å². The number of rotatable bonds is 3. The first-order valence-electron chi connectivity index (χ1n) is 4.78. The lowest BCUT2D eigenvalue weighted by Crippen LogP contribution is -1.97. The molecule has 1 atom stereocenters. The van der Waals surface area contributed by atoms with Gasteiger partial charge in [-0.2, -0.15) is 0 Å². The standard InChI is InChI=1S/C12H9ClF2S/c13-10(12-2-1-5-16-12)6-8-3-4-9(14)7-11(8)15/h1-5,7,10H,6H2. The van der Waals surface area contributed by atoms with Crippen molar-refractivity contribution in [3.63, 3.8) is 0 Å². The molecule has 0 fully saturated rings. The van der Waals surface area contributed by atoms with Crippen LogP contribution < -0.4 is 0 Å². The number of alkyl halides is 1. The first kappa shape index (κ1) is 11.6. The molecule has 84 valence electrons. The highest BCUT2D eigenvalue weighted by Gasteiger charge is 2.13. The van der Waals surface area contributed by atoms with Gasteiger partial charge in [0, 0.05) is 10.9 Å². The summed E-state index contributed by atoms with van der Waals surface area (Å²) in [5.41, 5.74) is 0.440. The molecule has 4 heteroatoms. The Bertz CT molecular complexity index is 468. The van der Waals surface area contributed by atoms with E-state index in [0.717, 1.165) is 10.9 Å². The molecule has 0 radical (unpaired) electrons. The molecule has 1 heterocycles. The van der Waals surface area contributed by atoms with Crippen LogP contribution in [0, 0.1) is 11.6 Å². The zero-order valence-corrected chi connectivity index (χ0v) is 9.86. The Hall–Kier alpha value is -0.930. The first-order valence-corrected chi connectivity index (χ1v) is 6.10. The van der Waals surface area contributed by atoms with Crippen LogP contribution in [0.25, 0.3) is 0 Å². The number of hydrogen-bond acceptors (Lipinski definition) is 1. The number of hydrogen-bond donors (Lipinski definition) is 0. The third kappa shape index (κ3) is 2.60. The Labute approximate surface area is 101 Å². The molecular formula is C12H9ClF2S. The molecule has 0 aliphatic carbocycles. The molecule has 0 bridgehead atoms. The van der Waals surface area contributed by atoms with Gasteiger partial charge in [-0.25, -0.2) is 8.78 Å². The Morgan fingerprint density at radius 2 is 2.06 bits per heavy atom. The van der Waals surface area contributed by atoms with Gasteiger partial charge in [-0.1, -0.05) is 12.1 Å². The minimum Gasteiger partial charge on any atom is -0.207 e. The lowest BCUT2D eigenvalue weighted by molar-refractivity contribution is 0.571. The SMILES string of the molecule is Fc1ccc(CC(Cl)c2cccs2)c(F)c1. The second kappa shape index (κ2) is 4.93. The summed E-state index contributed by atoms with van der Waals surface area (Å²) in [6.45, 7) is 0. The van der Waals surface area contributed by atoms with E-state index in [1.807, 2.05) is 17.5 Å². The smallest absolute Gasteiger partial charge is 0.129 e. The van der Waals surface area contributed by atoms with E-state index < -0.39 is 11.6 Å². The zero-order chi connectivity index (χ0) is 11.5. The minimum absolute atomic E-state index is 0.264. The molecule has 0 saturated carbocycles. The summed E-state index contributed by atoms with van der Waals surface area (Å²) >= 11 is 7.67. The zero-order valence-electron chi connectivity index (χ0n) is 8.29. The summed E-state index contributed by atoms with van der Waals surface area (Å²) < 4.78 is 26.0. The average Bonchev–Trinajstić information content (AvgIpc) is 2.75. The Balaban J connectivity index is 2.15. The Morgan fingerprint density at radius 1 is 1.25 bits per heavy atom. The van der Waals surface area contributed by atoms with Gasteiger partial charge in [0.25, 0.3) is 0 Å². The third-order valence-corrected chi connectivity index (χ3v) is 3.77. The van der Waals surface area contributed by atoms with E-state index in [1.54, 1.807) is 0 Å². The van der Waals surface area contributed by atoms with Crippen molar-refractivity contribution in [1.82, 2.24) is 0 Å². The van der Waals surface area contributed by atoms with Crippen LogP contribution in [0.3, 0.4) is 0 Å². The van der Waals surface area contributed by atoms with Crippen molar-refractivity contribution in [2.45, 2.75) is 11.8 Å². The predicted molar refractivity (Wildman–Crippen MR) is 63.0 cm³/mol. The first-order chi connectivity index (χ1) is 7.66. The molecule has 2 rings (SSSR count). The van der Waals surface area contributed by atoms with Gasteiger partial charge in [0.15, 0.2) is 0 Å². The van der Waals surface area contributed by atoms with Crippen LogP contribution in [-0.2, 0) is 6.42 Å². The maximum Gasteiger partial charge on any atom is 0.129 e. The quantitative estimate of drug-likeness (QED) is 0.709. The van der Waals surface area contributed by atoms with Crippen molar-refractivity contribution in [2.24, 2.45) is 0 Å². The minimum atomic E-state index is -0.566. The summed E-state index contributed by atoms with van der Waals surface area (Å²) in [6.07, 6.45) is 0.369. The van der Waals surface area contributed by atoms with E-state index in [0.29, 0.717) is 12.0 Å². The highest BCUT2D eigenvalue weighted by molar-refractivity contribution is 7.10. The van der Waals surface area contributed by atoms with Crippen LogP contribution >= 0.6 is 22.9 Å². The molecule has 0 nitrogen and oxygen atoms in total. The monoisotopic (exact) mass is 258 g/mol. The largest absolute Gasteiger partial charge is 0.207 e. The molecule has 0 spiro atoms. The summed E-state index contributed by atoms with van der Waals surface area (Å²) in [5.74, 6) is -1.11. The molecule has 0 aliphatic heterocycles. The molecule has 0 saturated heterocycles. The lowest BCUT2D eigenvalue weighted by atomic mass is 10.1. The fraction of sp³-hybridized carbons (Fsp3) is 0.167. The highest BCUT2D eigenvalue weighted by Crippen LogP contribution is 2.29. The van der Waals surface area contributed by atoms with Crippen LogP contribution in [-0.4, -0.2) is 0 Å². The van der Waals surface area contributed by atoms with Crippen LogP contribution in [0.4, 0.5) is 8.78 Å². The summed E-state index contributed by atoms with van der Waals surface area (Å²) in [6, 6.07) is 7.37. The van der Waals surface area contributed by atoms with Gasteiger partial charge in [-0.15, -0.1) is 22.9 Å². The highest BCUT2D eigenvalue weighted by atomic mass is 35.5. The molecule has 1 unspecified atom stereocenters. The third-order valence-electron chi connectivity index (χ3n) is 2.27. The summed E-state index contributed by atoms with van der Waals surface area (Å²) in [4.78, 5) is 0.991. The van der Waals surface area contributed by atoms with Crippen molar-refractivity contribution in [2.75, 3.05) is 0 Å². The molecule has 0 amide bonds. The van der Waals surface area contributed by atoms with Gasteiger partial charge in [0.2, 0.25) is 0 Å². The fourth-order valence-corrected chi connectivity index (χ4v) is 2.55. The Morgan fingerprint density at radius 3 is 2.69 bits per heavy atom. The summed E-state index contributed by atoms with van der Waals surface area (Å²) in [5, 5.41) is 1.66. The second-order valence-electron chi connectivity index (χ2n) is 3.42. The van der Waals surface area contributed by atoms with Gasteiger partial charge >= 0.3 is 0 Å². The van der Waals surface area contributed by atoms with Gasteiger partial charge < -0.3 is 0 Å². The molecule has 0 aliphatic rings. The van der Waals surface area contributed by atoms with Crippen LogP contribution in [0.1, 0.15) is 15.8 Å². The van der Waals surface area contributed by atoms with E-state index in [1.165, 1.54) is 23.5 Å². The van der Waals surface area contributed by atoms with Crippen molar-refractivity contribution in [3.8, 4) is 0 Å². The van der Waals surface area contributed by atoms with E-state index in [4.69, 9.17) is 11.6 Å². The average molecular weight is 259 g/mol. The number of benzene rings is 1. The molecular weight excluding hydrogens is 250 g/mol. The number of thiophene rings is 1. The van der Waals surface area contributed by atoms with Crippen molar-refractivity contribution in [3.05, 3.63) is 57.8 Å². The van der Waals surface area contributed by atoms with Crippen molar-refractivity contribution < 1.29 is 8.78 Å². The predicted octanol–water partition coefficient (Wildman–Crippen LogP) is 4.55. The molecule has 1 aromatic carbocycles. The second-order valence-corrected chi connectivity index (χ2v) is 4.93. The maximum absolute atomic E-state index is 13.4. The Kier molecular flexibility index (Phi) is 3.56. The van der Waals surface area contributed by atoms with Crippen molar-refractivity contribution in [1.29, 1.82) is 0 Å². The van der Waals surface area contributed by atoms with E-state index in [9.17, 15) is 8.78 Å². The normalized spacial score (nSPS) is 12.7. The molecule has 0 N–H and O–H groups in total.